The summed E-state index contributed by atoms with van der Waals surface area (Å²) in [4.78, 5) is 30.3. The molecule has 9 nitrogen and oxygen atoms in total. The fourth-order valence-electron chi connectivity index (χ4n) is 4.67. The van der Waals surface area contributed by atoms with Crippen molar-refractivity contribution in [3.8, 4) is 11.5 Å². The zero-order valence-corrected chi connectivity index (χ0v) is 21.8. The topological polar surface area (TPSA) is 95.6 Å². The Hall–Kier alpha value is -3.02. The van der Waals surface area contributed by atoms with Crippen LogP contribution in [0, 0.1) is 0 Å². The molecule has 0 saturated carbocycles. The molecule has 4 aromatic rings. The van der Waals surface area contributed by atoms with Gasteiger partial charge in [0.2, 0.25) is 0 Å². The first-order chi connectivity index (χ1) is 18.1. The number of nitrogens with zero attached hydrogens (tertiary/aromatic N) is 4. The minimum absolute atomic E-state index is 0.284. The number of aromatic nitrogens is 3. The van der Waals surface area contributed by atoms with E-state index in [0.717, 1.165) is 62.7 Å². The Bertz CT molecular complexity index is 1410. The third-order valence-corrected chi connectivity index (χ3v) is 7.70. The number of thiazole rings is 1. The van der Waals surface area contributed by atoms with E-state index in [9.17, 15) is 4.79 Å². The number of amides is 1. The molecule has 0 radical (unpaired) electrons. The van der Waals surface area contributed by atoms with Crippen LogP contribution in [0.1, 0.15) is 15.9 Å². The highest BCUT2D eigenvalue weighted by molar-refractivity contribution is 7.14. The molecule has 2 saturated heterocycles. The average molecular weight is 539 g/mol. The van der Waals surface area contributed by atoms with Gasteiger partial charge in [-0.15, -0.1) is 11.3 Å². The van der Waals surface area contributed by atoms with Gasteiger partial charge in [-0.25, -0.2) is 9.97 Å². The predicted octanol–water partition coefficient (Wildman–Crippen LogP) is 4.26. The lowest BCUT2D eigenvalue weighted by molar-refractivity contribution is 0.0342. The molecule has 2 aromatic carbocycles. The van der Waals surface area contributed by atoms with Crippen LogP contribution in [0.2, 0.25) is 5.02 Å². The smallest absolute Gasteiger partial charge is 0.257 e. The highest BCUT2D eigenvalue weighted by Crippen LogP contribution is 2.32. The summed E-state index contributed by atoms with van der Waals surface area (Å²) in [6.07, 6.45) is 0. The number of carbonyl (C=O) groups excluding carboxylic acids is 1. The van der Waals surface area contributed by atoms with Gasteiger partial charge in [-0.2, -0.15) is 0 Å². The maximum atomic E-state index is 13.1. The van der Waals surface area contributed by atoms with Gasteiger partial charge < -0.3 is 24.7 Å². The van der Waals surface area contributed by atoms with Gasteiger partial charge in [-0.1, -0.05) is 17.7 Å². The molecule has 11 heteroatoms. The van der Waals surface area contributed by atoms with Crippen LogP contribution in [0.5, 0.6) is 0 Å². The number of halogens is 1. The number of hydrogen-bond acceptors (Lipinski definition) is 8. The van der Waals surface area contributed by atoms with E-state index in [4.69, 9.17) is 26.1 Å². The predicted molar refractivity (Wildman–Crippen MR) is 146 cm³/mol. The molecule has 6 rings (SSSR count). The third-order valence-electron chi connectivity index (χ3n) is 6.65. The maximum Gasteiger partial charge on any atom is 0.257 e. The second-order valence-electron chi connectivity index (χ2n) is 9.07. The molecule has 37 heavy (non-hydrogen) atoms. The quantitative estimate of drug-likeness (QED) is 0.378. The molecule has 2 N–H and O–H groups in total. The van der Waals surface area contributed by atoms with Crippen molar-refractivity contribution in [2.45, 2.75) is 6.54 Å². The van der Waals surface area contributed by atoms with Crippen molar-refractivity contribution < 1.29 is 14.3 Å². The van der Waals surface area contributed by atoms with Gasteiger partial charge in [0, 0.05) is 38.4 Å². The van der Waals surface area contributed by atoms with Crippen LogP contribution in [-0.2, 0) is 16.0 Å². The number of carbonyl (C=O) groups is 1. The monoisotopic (exact) mass is 538 g/mol. The SMILES string of the molecule is O=C(Nc1scnc1-c1nc2ccc(CN3CCOCC3)cc2[nH]1)c1ccc(N2CCOCC2)cc1Cl. The second-order valence-corrected chi connectivity index (χ2v) is 10.3. The van der Waals surface area contributed by atoms with Crippen molar-refractivity contribution in [3.63, 3.8) is 0 Å². The van der Waals surface area contributed by atoms with Gasteiger partial charge in [0.1, 0.15) is 10.7 Å². The van der Waals surface area contributed by atoms with E-state index in [-0.39, 0.29) is 5.91 Å². The van der Waals surface area contributed by atoms with Gasteiger partial charge in [0.25, 0.3) is 5.91 Å². The number of nitrogens with one attached hydrogen (secondary N) is 2. The largest absolute Gasteiger partial charge is 0.379 e. The maximum absolute atomic E-state index is 13.1. The molecule has 1 amide bonds. The zero-order chi connectivity index (χ0) is 25.2. The number of morpholine rings is 2. The minimum Gasteiger partial charge on any atom is -0.379 e. The fraction of sp³-hybridized carbons (Fsp3) is 0.346. The van der Waals surface area contributed by atoms with Crippen LogP contribution in [0.4, 0.5) is 10.7 Å². The number of rotatable bonds is 6. The van der Waals surface area contributed by atoms with Crippen LogP contribution in [0.25, 0.3) is 22.6 Å². The standard InChI is InChI=1S/C26H27ClN6O3S/c27-20-14-18(33-7-11-36-12-8-33)2-3-19(20)25(34)31-26-23(28-16-37-26)24-29-21-4-1-17(13-22(21)30-24)15-32-5-9-35-10-6-32/h1-4,13-14,16H,5-12,15H2,(H,29,30)(H,31,34). The van der Waals surface area contributed by atoms with Crippen molar-refractivity contribution in [2.24, 2.45) is 0 Å². The molecule has 0 spiro atoms. The highest BCUT2D eigenvalue weighted by Gasteiger charge is 2.20. The molecule has 4 heterocycles. The Morgan fingerprint density at radius 2 is 1.84 bits per heavy atom. The van der Waals surface area contributed by atoms with E-state index < -0.39 is 0 Å². The van der Waals surface area contributed by atoms with Gasteiger partial charge >= 0.3 is 0 Å². The van der Waals surface area contributed by atoms with Crippen molar-refractivity contribution in [2.75, 3.05) is 62.8 Å². The van der Waals surface area contributed by atoms with E-state index >= 15 is 0 Å². The van der Waals surface area contributed by atoms with Crippen LogP contribution >= 0.6 is 22.9 Å². The lowest BCUT2D eigenvalue weighted by Crippen LogP contribution is -2.36. The van der Waals surface area contributed by atoms with Crippen LogP contribution < -0.4 is 10.2 Å². The number of ether oxygens (including phenoxy) is 2. The number of hydrogen-bond donors (Lipinski definition) is 2. The molecule has 2 fully saturated rings. The summed E-state index contributed by atoms with van der Waals surface area (Å²) in [7, 11) is 0. The normalized spacial score (nSPS) is 16.8. The Kier molecular flexibility index (Phi) is 7.08. The summed E-state index contributed by atoms with van der Waals surface area (Å²) >= 11 is 7.87. The third kappa shape index (κ3) is 5.34. The summed E-state index contributed by atoms with van der Waals surface area (Å²) in [6.45, 7) is 7.28. The summed E-state index contributed by atoms with van der Waals surface area (Å²) in [6, 6.07) is 11.8. The van der Waals surface area contributed by atoms with Gasteiger partial charge in [-0.05, 0) is 35.9 Å². The first-order valence-electron chi connectivity index (χ1n) is 12.3. The molecule has 192 valence electrons. The molecule has 0 unspecified atom stereocenters. The number of H-pyrrole nitrogens is 1. The number of fused-ring (bicyclic) bond motifs is 1. The average Bonchev–Trinajstić information content (AvgIpc) is 3.56. The van der Waals surface area contributed by atoms with Gasteiger partial charge in [0.05, 0.1) is 53.6 Å². The van der Waals surface area contributed by atoms with Gasteiger partial charge in [-0.3, -0.25) is 9.69 Å². The van der Waals surface area contributed by atoms with Crippen molar-refractivity contribution in [1.82, 2.24) is 19.9 Å². The fourth-order valence-corrected chi connectivity index (χ4v) is 5.60. The van der Waals surface area contributed by atoms with E-state index in [1.54, 1.807) is 11.6 Å². The Labute approximate surface area is 223 Å². The van der Waals surface area contributed by atoms with Crippen LogP contribution in [-0.4, -0.2) is 78.4 Å². The molecule has 2 aliphatic heterocycles. The van der Waals surface area contributed by atoms with Crippen molar-refractivity contribution in [3.05, 3.63) is 58.1 Å². The summed E-state index contributed by atoms with van der Waals surface area (Å²) in [5.74, 6) is 0.330. The highest BCUT2D eigenvalue weighted by atomic mass is 35.5. The van der Waals surface area contributed by atoms with E-state index in [0.29, 0.717) is 40.3 Å². The Morgan fingerprint density at radius 3 is 2.62 bits per heavy atom. The molecular formula is C26H27ClN6O3S. The minimum atomic E-state index is -0.284. The lowest BCUT2D eigenvalue weighted by atomic mass is 10.1. The van der Waals surface area contributed by atoms with E-state index in [1.807, 2.05) is 18.2 Å². The number of imidazole rings is 1. The van der Waals surface area contributed by atoms with Crippen molar-refractivity contribution >= 4 is 50.6 Å². The van der Waals surface area contributed by atoms with Crippen LogP contribution in [0.15, 0.2) is 41.9 Å². The molecule has 2 aliphatic rings. The molecule has 0 aliphatic carbocycles. The first-order valence-corrected chi connectivity index (χ1v) is 13.6. The van der Waals surface area contributed by atoms with Crippen molar-refractivity contribution in [1.29, 1.82) is 0 Å². The lowest BCUT2D eigenvalue weighted by Gasteiger charge is -2.29. The molecule has 0 atom stereocenters. The second kappa shape index (κ2) is 10.8. The Morgan fingerprint density at radius 1 is 1.05 bits per heavy atom. The summed E-state index contributed by atoms with van der Waals surface area (Å²) < 4.78 is 10.9. The summed E-state index contributed by atoms with van der Waals surface area (Å²) in [5, 5.41) is 4.00. The number of benzene rings is 2. The van der Waals surface area contributed by atoms with E-state index in [1.165, 1.54) is 16.9 Å². The first kappa shape index (κ1) is 24.3. The zero-order valence-electron chi connectivity index (χ0n) is 20.2. The summed E-state index contributed by atoms with van der Waals surface area (Å²) in [5.41, 5.74) is 6.71. The molecule has 0 bridgehead atoms. The van der Waals surface area contributed by atoms with E-state index in [2.05, 4.69) is 37.2 Å². The molecular weight excluding hydrogens is 512 g/mol. The Balaban J connectivity index is 1.18. The van der Waals surface area contributed by atoms with Crippen LogP contribution in [0.3, 0.4) is 0 Å². The number of anilines is 2. The number of aromatic amines is 1. The van der Waals surface area contributed by atoms with Gasteiger partial charge in [0.15, 0.2) is 5.82 Å². The molecule has 2 aromatic heterocycles.